The Labute approximate surface area is 57.0 Å². The van der Waals surface area contributed by atoms with Crippen LogP contribution >= 0.6 is 11.6 Å². The minimum atomic E-state index is 0. The topological polar surface area (TPSA) is 35.0 Å². The number of halogens is 1. The first-order chi connectivity index (χ1) is 3.27. The summed E-state index contributed by atoms with van der Waals surface area (Å²) in [5.74, 6) is 0. The second-order valence-corrected chi connectivity index (χ2v) is 2.67. The van der Waals surface area contributed by atoms with Crippen molar-refractivity contribution < 1.29 is 0 Å². The van der Waals surface area contributed by atoms with Crippen LogP contribution in [0.4, 0.5) is 0 Å². The normalized spacial score (nSPS) is 12.4. The van der Waals surface area contributed by atoms with Crippen LogP contribution in [0.3, 0.4) is 0 Å². The third-order valence-corrected chi connectivity index (χ3v) is 1.17. The Balaban J connectivity index is 0. The molecule has 0 aromatic rings. The molecule has 0 spiro atoms. The van der Waals surface area contributed by atoms with E-state index in [-0.39, 0.29) is 6.15 Å². The van der Waals surface area contributed by atoms with Gasteiger partial charge in [0.15, 0.2) is 0 Å². The fraction of sp³-hybridized carbons (Fsp3) is 1.00. The highest BCUT2D eigenvalue weighted by Gasteiger charge is 1.91. The summed E-state index contributed by atoms with van der Waals surface area (Å²) in [5.41, 5.74) is 0. The molecule has 1 unspecified atom stereocenters. The van der Waals surface area contributed by atoms with Crippen LogP contribution < -0.4 is 6.15 Å². The Morgan fingerprint density at radius 2 is 2.00 bits per heavy atom. The molecule has 0 heterocycles. The van der Waals surface area contributed by atoms with Gasteiger partial charge in [0.25, 0.3) is 0 Å². The van der Waals surface area contributed by atoms with Crippen molar-refractivity contribution in [1.29, 1.82) is 0 Å². The zero-order chi connectivity index (χ0) is 5.70. The molecule has 0 aliphatic rings. The maximum Gasteiger partial charge on any atom is 0.0307 e. The number of unbranched alkanes of at least 4 members (excludes halogenated alkanes) is 1. The lowest BCUT2D eigenvalue weighted by molar-refractivity contribution is 0.708. The second kappa shape index (κ2) is 7.25. The van der Waals surface area contributed by atoms with Crippen molar-refractivity contribution in [2.24, 2.45) is 0 Å². The summed E-state index contributed by atoms with van der Waals surface area (Å²) in [7, 11) is 0. The van der Waals surface area contributed by atoms with Gasteiger partial charge in [-0.05, 0) is 13.3 Å². The van der Waals surface area contributed by atoms with E-state index >= 15 is 0 Å². The highest BCUT2D eigenvalue weighted by Crippen LogP contribution is 2.04. The fourth-order valence-electron chi connectivity index (χ4n) is 0.485. The smallest absolute Gasteiger partial charge is 0.0307 e. The lowest BCUT2D eigenvalue weighted by atomic mass is 10.2. The quantitative estimate of drug-likeness (QED) is 0.597. The molecule has 3 N–H and O–H groups in total. The highest BCUT2D eigenvalue weighted by molar-refractivity contribution is 6.20. The van der Waals surface area contributed by atoms with Gasteiger partial charge in [-0.15, -0.1) is 11.6 Å². The van der Waals surface area contributed by atoms with E-state index in [2.05, 4.69) is 6.92 Å². The SMILES string of the molecule is CCCCC(C)Cl.N. The molecule has 0 saturated heterocycles. The molecule has 0 radical (unpaired) electrons. The third kappa shape index (κ3) is 9.54. The lowest BCUT2D eigenvalue weighted by Crippen LogP contribution is -1.87. The summed E-state index contributed by atoms with van der Waals surface area (Å²) < 4.78 is 0. The summed E-state index contributed by atoms with van der Waals surface area (Å²) in [6.07, 6.45) is 3.69. The second-order valence-electron chi connectivity index (χ2n) is 1.92. The van der Waals surface area contributed by atoms with Gasteiger partial charge in [0.2, 0.25) is 0 Å². The molecule has 0 aromatic carbocycles. The van der Waals surface area contributed by atoms with Gasteiger partial charge in [-0.3, -0.25) is 0 Å². The molecular formula is C6H16ClN. The van der Waals surface area contributed by atoms with E-state index in [1.54, 1.807) is 0 Å². The Hall–Kier alpha value is 0.250. The first kappa shape index (κ1) is 11.1. The van der Waals surface area contributed by atoms with Crippen LogP contribution in [-0.4, -0.2) is 5.38 Å². The van der Waals surface area contributed by atoms with E-state index in [0.29, 0.717) is 5.38 Å². The molecule has 0 fully saturated rings. The van der Waals surface area contributed by atoms with Gasteiger partial charge in [-0.2, -0.15) is 0 Å². The van der Waals surface area contributed by atoms with Crippen molar-refractivity contribution in [3.05, 3.63) is 0 Å². The first-order valence-electron chi connectivity index (χ1n) is 2.91. The van der Waals surface area contributed by atoms with Crippen molar-refractivity contribution in [3.63, 3.8) is 0 Å². The summed E-state index contributed by atoms with van der Waals surface area (Å²) in [4.78, 5) is 0. The largest absolute Gasteiger partial charge is 0.344 e. The lowest BCUT2D eigenvalue weighted by Gasteiger charge is -1.96. The minimum absolute atomic E-state index is 0. The molecule has 0 aliphatic carbocycles. The molecule has 8 heavy (non-hydrogen) atoms. The molecule has 0 bridgehead atoms. The predicted octanol–water partition coefficient (Wildman–Crippen LogP) is 2.97. The zero-order valence-electron chi connectivity index (χ0n) is 5.78. The molecule has 2 heteroatoms. The summed E-state index contributed by atoms with van der Waals surface area (Å²) >= 11 is 5.66. The monoisotopic (exact) mass is 137 g/mol. The molecule has 0 saturated carbocycles. The van der Waals surface area contributed by atoms with Crippen molar-refractivity contribution >= 4 is 11.6 Å². The van der Waals surface area contributed by atoms with Crippen LogP contribution in [0.2, 0.25) is 0 Å². The van der Waals surface area contributed by atoms with E-state index in [4.69, 9.17) is 11.6 Å². The van der Waals surface area contributed by atoms with Crippen LogP contribution in [0, 0.1) is 0 Å². The Morgan fingerprint density at radius 3 is 2.12 bits per heavy atom. The number of rotatable bonds is 3. The zero-order valence-corrected chi connectivity index (χ0v) is 6.54. The average molecular weight is 138 g/mol. The van der Waals surface area contributed by atoms with Crippen molar-refractivity contribution in [2.75, 3.05) is 0 Å². The standard InChI is InChI=1S/C6H13Cl.H3N/c1-3-4-5-6(2)7;/h6H,3-5H2,1-2H3;1H3. The van der Waals surface area contributed by atoms with Gasteiger partial charge in [0.05, 0.1) is 0 Å². The summed E-state index contributed by atoms with van der Waals surface area (Å²) in [6, 6.07) is 0. The minimum Gasteiger partial charge on any atom is -0.344 e. The van der Waals surface area contributed by atoms with E-state index < -0.39 is 0 Å². The predicted molar refractivity (Wildman–Crippen MR) is 39.9 cm³/mol. The number of hydrogen-bond donors (Lipinski definition) is 1. The Kier molecular flexibility index (Phi) is 10.1. The van der Waals surface area contributed by atoms with E-state index in [1.165, 1.54) is 12.8 Å². The van der Waals surface area contributed by atoms with E-state index in [9.17, 15) is 0 Å². The van der Waals surface area contributed by atoms with Gasteiger partial charge in [0.1, 0.15) is 0 Å². The molecule has 1 nitrogen and oxygen atoms in total. The molecule has 0 aliphatic heterocycles. The maximum absolute atomic E-state index is 5.66. The van der Waals surface area contributed by atoms with Crippen LogP contribution in [-0.2, 0) is 0 Å². The van der Waals surface area contributed by atoms with Gasteiger partial charge in [0, 0.05) is 5.38 Å². The van der Waals surface area contributed by atoms with Crippen LogP contribution in [0.5, 0.6) is 0 Å². The van der Waals surface area contributed by atoms with Gasteiger partial charge in [-0.1, -0.05) is 19.8 Å². The molecule has 52 valence electrons. The Morgan fingerprint density at radius 1 is 1.50 bits per heavy atom. The summed E-state index contributed by atoms with van der Waals surface area (Å²) in [6.45, 7) is 4.22. The number of alkyl halides is 1. The molecular weight excluding hydrogens is 122 g/mol. The fourth-order valence-corrected chi connectivity index (χ4v) is 0.640. The van der Waals surface area contributed by atoms with Crippen molar-refractivity contribution in [3.8, 4) is 0 Å². The van der Waals surface area contributed by atoms with E-state index in [1.807, 2.05) is 6.92 Å². The van der Waals surface area contributed by atoms with Crippen molar-refractivity contribution in [1.82, 2.24) is 6.15 Å². The van der Waals surface area contributed by atoms with Gasteiger partial charge in [-0.25, -0.2) is 0 Å². The van der Waals surface area contributed by atoms with Gasteiger partial charge < -0.3 is 6.15 Å². The first-order valence-corrected chi connectivity index (χ1v) is 3.35. The highest BCUT2D eigenvalue weighted by atomic mass is 35.5. The van der Waals surface area contributed by atoms with Gasteiger partial charge >= 0.3 is 0 Å². The van der Waals surface area contributed by atoms with E-state index in [0.717, 1.165) is 6.42 Å². The average Bonchev–Trinajstić information content (AvgIpc) is 1.61. The molecule has 0 aromatic heterocycles. The molecule has 0 amide bonds. The van der Waals surface area contributed by atoms with Crippen molar-refractivity contribution in [2.45, 2.75) is 38.5 Å². The van der Waals surface area contributed by atoms with Crippen LogP contribution in [0.15, 0.2) is 0 Å². The molecule has 0 rings (SSSR count). The molecule has 1 atom stereocenters. The maximum atomic E-state index is 5.66. The van der Waals surface area contributed by atoms with Crippen LogP contribution in [0.1, 0.15) is 33.1 Å². The summed E-state index contributed by atoms with van der Waals surface area (Å²) in [5, 5.41) is 0.375. The Bertz CT molecular complexity index is 37.5. The number of hydrogen-bond acceptors (Lipinski definition) is 1. The van der Waals surface area contributed by atoms with Crippen LogP contribution in [0.25, 0.3) is 0 Å². The third-order valence-electron chi connectivity index (χ3n) is 0.955.